The molecule has 7 heteroatoms. The molecule has 6 nitrogen and oxygen atoms in total. The number of fused-ring (bicyclic) bond motifs is 1. The van der Waals surface area contributed by atoms with Gasteiger partial charge in [-0.05, 0) is 48.9 Å². The number of benzene rings is 1. The van der Waals surface area contributed by atoms with Gasteiger partial charge in [-0.3, -0.25) is 4.79 Å². The van der Waals surface area contributed by atoms with Crippen molar-refractivity contribution < 1.29 is 13.6 Å². The van der Waals surface area contributed by atoms with Crippen molar-refractivity contribution in [1.82, 2.24) is 9.99 Å². The lowest BCUT2D eigenvalue weighted by Gasteiger charge is -2.19. The summed E-state index contributed by atoms with van der Waals surface area (Å²) >= 11 is 1.42. The van der Waals surface area contributed by atoms with Gasteiger partial charge in [-0.15, -0.1) is 0 Å². The molecule has 5 rings (SSSR count). The highest BCUT2D eigenvalue weighted by Crippen LogP contribution is 2.34. The molecule has 0 fully saturated rings. The van der Waals surface area contributed by atoms with E-state index in [-0.39, 0.29) is 17.7 Å². The molecule has 0 radical (unpaired) electrons. The summed E-state index contributed by atoms with van der Waals surface area (Å²) < 4.78 is 11.1. The minimum absolute atomic E-state index is 0.101. The molecule has 4 heterocycles. The number of hydrogen-bond acceptors (Lipinski definition) is 6. The number of thioether (sulfide) groups is 1. The smallest absolute Gasteiger partial charge is 0.253 e. The molecule has 0 spiro atoms. The zero-order chi connectivity index (χ0) is 20.5. The highest BCUT2D eigenvalue weighted by molar-refractivity contribution is 7.99. The number of amides is 1. The molecule has 1 aliphatic rings. The van der Waals surface area contributed by atoms with Gasteiger partial charge in [0.25, 0.3) is 5.91 Å². The summed E-state index contributed by atoms with van der Waals surface area (Å²) in [4.78, 5) is 17.8. The maximum atomic E-state index is 13.1. The number of hydrazone groups is 1. The van der Waals surface area contributed by atoms with Crippen molar-refractivity contribution in [2.24, 2.45) is 5.10 Å². The zero-order valence-corrected chi connectivity index (χ0v) is 17.1. The number of rotatable bonds is 5. The summed E-state index contributed by atoms with van der Waals surface area (Å²) in [5.41, 5.74) is 2.81. The van der Waals surface area contributed by atoms with Crippen LogP contribution in [0, 0.1) is 6.92 Å². The molecule has 0 saturated carbocycles. The first-order chi connectivity index (χ1) is 14.7. The third kappa shape index (κ3) is 3.52. The van der Waals surface area contributed by atoms with Crippen molar-refractivity contribution in [2.75, 3.05) is 5.75 Å². The molecule has 1 atom stereocenters. The van der Waals surface area contributed by atoms with E-state index in [0.29, 0.717) is 17.9 Å². The normalized spacial score (nSPS) is 16.2. The van der Waals surface area contributed by atoms with Crippen LogP contribution in [0.4, 0.5) is 0 Å². The van der Waals surface area contributed by atoms with E-state index in [2.05, 4.69) is 23.1 Å². The van der Waals surface area contributed by atoms with Gasteiger partial charge in [0.05, 0.1) is 28.8 Å². The van der Waals surface area contributed by atoms with Crippen molar-refractivity contribution in [3.8, 4) is 0 Å². The summed E-state index contributed by atoms with van der Waals surface area (Å²) in [5.74, 6) is 1.51. The van der Waals surface area contributed by atoms with Crippen molar-refractivity contribution in [2.45, 2.75) is 24.4 Å². The predicted molar refractivity (Wildman–Crippen MR) is 115 cm³/mol. The summed E-state index contributed by atoms with van der Waals surface area (Å²) in [5, 5.41) is 8.02. The van der Waals surface area contributed by atoms with Gasteiger partial charge in [0.15, 0.2) is 0 Å². The van der Waals surface area contributed by atoms with E-state index in [1.54, 1.807) is 12.5 Å². The van der Waals surface area contributed by atoms with Crippen LogP contribution in [0.15, 0.2) is 86.1 Å². The monoisotopic (exact) mass is 417 g/mol. The summed E-state index contributed by atoms with van der Waals surface area (Å²) in [7, 11) is 0. The van der Waals surface area contributed by atoms with Crippen molar-refractivity contribution in [3.63, 3.8) is 0 Å². The second-order valence-corrected chi connectivity index (χ2v) is 8.08. The summed E-state index contributed by atoms with van der Waals surface area (Å²) in [6, 6.07) is 17.1. The van der Waals surface area contributed by atoms with Crippen LogP contribution in [0.5, 0.6) is 0 Å². The lowest BCUT2D eigenvalue weighted by Crippen LogP contribution is -2.28. The number of furan rings is 2. The predicted octanol–water partition coefficient (Wildman–Crippen LogP) is 5.20. The lowest BCUT2D eigenvalue weighted by molar-refractivity contribution is -0.130. The Bertz CT molecular complexity index is 1220. The minimum Gasteiger partial charge on any atom is -0.467 e. The highest BCUT2D eigenvalue weighted by Gasteiger charge is 2.35. The quantitative estimate of drug-likeness (QED) is 0.417. The fraction of sp³-hybridized carbons (Fsp3) is 0.174. The summed E-state index contributed by atoms with van der Waals surface area (Å²) in [6.07, 6.45) is 3.76. The molecular weight excluding hydrogens is 398 g/mol. The maximum absolute atomic E-state index is 13.1. The maximum Gasteiger partial charge on any atom is 0.253 e. The average Bonchev–Trinajstić information content (AvgIpc) is 3.52. The Balaban J connectivity index is 1.37. The number of nitrogens with zero attached hydrogens (tertiary/aromatic N) is 3. The Morgan fingerprint density at radius 2 is 1.97 bits per heavy atom. The van der Waals surface area contributed by atoms with Crippen molar-refractivity contribution >= 4 is 34.3 Å². The second kappa shape index (κ2) is 7.84. The lowest BCUT2D eigenvalue weighted by atomic mass is 10.1. The van der Waals surface area contributed by atoms with Gasteiger partial charge >= 0.3 is 0 Å². The standard InChI is InChI=1S/C23H19N3O3S/c1-15-12-22(24-17-7-3-2-6-16(15)17)30-14-23(27)26-19(21-9-5-11-29-21)13-18(25-26)20-8-4-10-28-20/h2-12,19H,13-14H2,1H3. The van der Waals surface area contributed by atoms with Gasteiger partial charge in [-0.2, -0.15) is 5.10 Å². The van der Waals surface area contributed by atoms with E-state index in [4.69, 9.17) is 8.83 Å². The van der Waals surface area contributed by atoms with E-state index in [0.717, 1.165) is 27.2 Å². The van der Waals surface area contributed by atoms with Gasteiger partial charge in [0.2, 0.25) is 0 Å². The van der Waals surface area contributed by atoms with Crippen LogP contribution in [0.2, 0.25) is 0 Å². The average molecular weight is 417 g/mol. The zero-order valence-electron chi connectivity index (χ0n) is 16.3. The molecule has 0 N–H and O–H groups in total. The third-order valence-electron chi connectivity index (χ3n) is 5.09. The molecule has 0 saturated heterocycles. The number of carbonyl (C=O) groups excluding carboxylic acids is 1. The van der Waals surface area contributed by atoms with E-state index in [1.807, 2.05) is 48.5 Å². The van der Waals surface area contributed by atoms with E-state index in [1.165, 1.54) is 16.8 Å². The number of para-hydroxylation sites is 1. The van der Waals surface area contributed by atoms with Gasteiger partial charge in [0, 0.05) is 11.8 Å². The molecule has 1 aliphatic heterocycles. The first-order valence-corrected chi connectivity index (χ1v) is 10.6. The van der Waals surface area contributed by atoms with Gasteiger partial charge in [0.1, 0.15) is 23.3 Å². The minimum atomic E-state index is -0.278. The Hall–Kier alpha value is -3.32. The second-order valence-electron chi connectivity index (χ2n) is 7.08. The number of pyridine rings is 1. The molecule has 30 heavy (non-hydrogen) atoms. The number of aromatic nitrogens is 1. The van der Waals surface area contributed by atoms with Crippen LogP contribution in [0.1, 0.15) is 29.5 Å². The largest absolute Gasteiger partial charge is 0.467 e. The molecule has 0 aliphatic carbocycles. The molecular formula is C23H19N3O3S. The fourth-order valence-corrected chi connectivity index (χ4v) is 4.46. The van der Waals surface area contributed by atoms with Crippen molar-refractivity contribution in [3.05, 3.63) is 84.2 Å². The number of aryl methyl sites for hydroxylation is 1. The van der Waals surface area contributed by atoms with Crippen LogP contribution >= 0.6 is 11.8 Å². The topological polar surface area (TPSA) is 71.8 Å². The van der Waals surface area contributed by atoms with Crippen LogP contribution in [-0.4, -0.2) is 27.4 Å². The van der Waals surface area contributed by atoms with Gasteiger partial charge in [-0.25, -0.2) is 9.99 Å². The Kier molecular flexibility index (Phi) is 4.88. The number of carbonyl (C=O) groups is 1. The number of hydrogen-bond donors (Lipinski definition) is 0. The molecule has 3 aromatic heterocycles. The Morgan fingerprint density at radius 1 is 1.13 bits per heavy atom. The Labute approximate surface area is 177 Å². The Morgan fingerprint density at radius 3 is 2.77 bits per heavy atom. The van der Waals surface area contributed by atoms with E-state index >= 15 is 0 Å². The third-order valence-corrected chi connectivity index (χ3v) is 5.98. The molecule has 4 aromatic rings. The van der Waals surface area contributed by atoms with Crippen LogP contribution in [0.25, 0.3) is 10.9 Å². The summed E-state index contributed by atoms with van der Waals surface area (Å²) in [6.45, 7) is 2.06. The molecule has 1 unspecified atom stereocenters. The molecule has 1 amide bonds. The SMILES string of the molecule is Cc1cc(SCC(=O)N2N=C(c3ccco3)CC2c2ccco2)nc2ccccc12. The van der Waals surface area contributed by atoms with Crippen LogP contribution in [0.3, 0.4) is 0 Å². The first kappa shape index (κ1) is 18.7. The van der Waals surface area contributed by atoms with E-state index < -0.39 is 0 Å². The van der Waals surface area contributed by atoms with Gasteiger partial charge < -0.3 is 8.83 Å². The van der Waals surface area contributed by atoms with Crippen LogP contribution in [-0.2, 0) is 4.79 Å². The molecule has 1 aromatic carbocycles. The highest BCUT2D eigenvalue weighted by atomic mass is 32.2. The van der Waals surface area contributed by atoms with Gasteiger partial charge in [-0.1, -0.05) is 30.0 Å². The fourth-order valence-electron chi connectivity index (χ4n) is 3.63. The van der Waals surface area contributed by atoms with E-state index in [9.17, 15) is 4.79 Å². The first-order valence-electron chi connectivity index (χ1n) is 9.65. The van der Waals surface area contributed by atoms with Crippen molar-refractivity contribution in [1.29, 1.82) is 0 Å². The van der Waals surface area contributed by atoms with Crippen LogP contribution < -0.4 is 0 Å². The molecule has 150 valence electrons. The molecule has 0 bridgehead atoms.